The van der Waals surface area contributed by atoms with Gasteiger partial charge in [0.2, 0.25) is 0 Å². The van der Waals surface area contributed by atoms with E-state index in [1.807, 2.05) is 17.8 Å². The van der Waals surface area contributed by atoms with Gasteiger partial charge < -0.3 is 19.8 Å². The van der Waals surface area contributed by atoms with Crippen LogP contribution in [0.15, 0.2) is 52.3 Å². The molecule has 0 saturated carbocycles. The highest BCUT2D eigenvalue weighted by Gasteiger charge is 2.25. The molecule has 4 rings (SSSR count). The van der Waals surface area contributed by atoms with Crippen LogP contribution in [0.2, 0.25) is 5.02 Å². The molecule has 0 aliphatic carbocycles. The van der Waals surface area contributed by atoms with Crippen LogP contribution < -0.4 is 14.7 Å². The molecular formula is C21H28ClN3OS+2. The normalized spacial score (nSPS) is 21.6. The molecule has 0 spiro atoms. The average molecular weight is 406 g/mol. The maximum Gasteiger partial charge on any atom is 0.127 e. The molecule has 3 N–H and O–H groups in total. The Balaban J connectivity index is 1.41. The Labute approximate surface area is 170 Å². The third-order valence-corrected chi connectivity index (χ3v) is 6.99. The fraction of sp³-hybridized carbons (Fsp3) is 0.429. The number of hydrogen-bond donors (Lipinski definition) is 3. The first-order valence-corrected chi connectivity index (χ1v) is 11.1. The lowest BCUT2D eigenvalue weighted by molar-refractivity contribution is -1.01. The van der Waals surface area contributed by atoms with E-state index >= 15 is 0 Å². The summed E-state index contributed by atoms with van der Waals surface area (Å²) in [4.78, 5) is 8.29. The fourth-order valence-electron chi connectivity index (χ4n) is 4.15. The van der Waals surface area contributed by atoms with Crippen molar-refractivity contribution in [1.29, 1.82) is 0 Å². The van der Waals surface area contributed by atoms with Crippen LogP contribution in [-0.2, 0) is 0 Å². The summed E-state index contributed by atoms with van der Waals surface area (Å²) < 4.78 is 0. The van der Waals surface area contributed by atoms with Crippen LogP contribution in [0, 0.1) is 0 Å². The van der Waals surface area contributed by atoms with Gasteiger partial charge >= 0.3 is 0 Å². The molecular weight excluding hydrogens is 378 g/mol. The molecule has 0 bridgehead atoms. The Bertz CT molecular complexity index is 780. The van der Waals surface area contributed by atoms with Crippen molar-refractivity contribution < 1.29 is 14.9 Å². The highest BCUT2D eigenvalue weighted by atomic mass is 35.5. The van der Waals surface area contributed by atoms with Gasteiger partial charge in [-0.15, -0.1) is 0 Å². The minimum Gasteiger partial charge on any atom is -0.391 e. The summed E-state index contributed by atoms with van der Waals surface area (Å²) in [6.07, 6.45) is 1.16. The van der Waals surface area contributed by atoms with Crippen molar-refractivity contribution in [2.45, 2.75) is 16.2 Å². The number of quaternary nitrogens is 2. The SMILES string of the molecule is OCC[NH+]1CC[NH+](CCCN2c3ccccc3Sc3ccc(Cl)cc32)CC1. The molecule has 2 heterocycles. The zero-order valence-corrected chi connectivity index (χ0v) is 17.2. The summed E-state index contributed by atoms with van der Waals surface area (Å²) >= 11 is 8.14. The molecule has 0 amide bonds. The summed E-state index contributed by atoms with van der Waals surface area (Å²) in [7, 11) is 0. The number of benzene rings is 2. The van der Waals surface area contributed by atoms with Gasteiger partial charge in [-0.05, 0) is 30.3 Å². The van der Waals surface area contributed by atoms with Crippen molar-refractivity contribution in [3.8, 4) is 0 Å². The molecule has 2 aliphatic heterocycles. The standard InChI is InChI=1S/C21H26ClN3OS/c22-17-6-7-21-19(16-17)25(18-4-1-2-5-20(18)27-21)9-3-8-23-10-12-24(13-11-23)14-15-26/h1-2,4-7,16,26H,3,8-15H2/p+2. The molecule has 27 heavy (non-hydrogen) atoms. The van der Waals surface area contributed by atoms with Gasteiger partial charge in [0.05, 0.1) is 24.5 Å². The lowest BCUT2D eigenvalue weighted by Crippen LogP contribution is -3.28. The molecule has 6 heteroatoms. The Kier molecular flexibility index (Phi) is 6.25. The van der Waals surface area contributed by atoms with E-state index in [1.54, 1.807) is 9.80 Å². The number of fused-ring (bicyclic) bond motifs is 2. The summed E-state index contributed by atoms with van der Waals surface area (Å²) in [6.45, 7) is 8.20. The van der Waals surface area contributed by atoms with Crippen molar-refractivity contribution >= 4 is 34.7 Å². The zero-order valence-electron chi connectivity index (χ0n) is 15.6. The van der Waals surface area contributed by atoms with Gasteiger partial charge in [0, 0.05) is 27.8 Å². The van der Waals surface area contributed by atoms with Crippen LogP contribution in [0.25, 0.3) is 0 Å². The molecule has 0 unspecified atom stereocenters. The molecule has 4 nitrogen and oxygen atoms in total. The second-order valence-electron chi connectivity index (χ2n) is 7.41. The van der Waals surface area contributed by atoms with Crippen molar-refractivity contribution in [3.05, 3.63) is 47.5 Å². The number of aliphatic hydroxyl groups excluding tert-OH is 1. The van der Waals surface area contributed by atoms with Crippen LogP contribution in [0.3, 0.4) is 0 Å². The number of anilines is 2. The third kappa shape index (κ3) is 4.44. The minimum atomic E-state index is 0.305. The Morgan fingerprint density at radius 3 is 2.41 bits per heavy atom. The molecule has 1 saturated heterocycles. The second kappa shape index (κ2) is 8.84. The number of aliphatic hydroxyl groups is 1. The Morgan fingerprint density at radius 2 is 1.63 bits per heavy atom. The first kappa shape index (κ1) is 19.1. The quantitative estimate of drug-likeness (QED) is 0.673. The summed E-state index contributed by atoms with van der Waals surface area (Å²) in [6, 6.07) is 14.9. The van der Waals surface area contributed by atoms with Gasteiger partial charge in [-0.1, -0.05) is 35.5 Å². The summed E-state index contributed by atoms with van der Waals surface area (Å²) in [5.74, 6) is 0. The van der Waals surface area contributed by atoms with E-state index < -0.39 is 0 Å². The van der Waals surface area contributed by atoms with Gasteiger partial charge in [0.25, 0.3) is 0 Å². The van der Waals surface area contributed by atoms with E-state index in [2.05, 4.69) is 41.3 Å². The highest BCUT2D eigenvalue weighted by Crippen LogP contribution is 2.48. The highest BCUT2D eigenvalue weighted by molar-refractivity contribution is 7.99. The lowest BCUT2D eigenvalue weighted by atomic mass is 10.2. The molecule has 1 fully saturated rings. The van der Waals surface area contributed by atoms with Crippen LogP contribution in [0.1, 0.15) is 6.42 Å². The Morgan fingerprint density at radius 1 is 0.926 bits per heavy atom. The lowest BCUT2D eigenvalue weighted by Gasteiger charge is -2.34. The maximum atomic E-state index is 9.11. The fourth-order valence-corrected chi connectivity index (χ4v) is 5.39. The van der Waals surface area contributed by atoms with E-state index in [-0.39, 0.29) is 0 Å². The molecule has 0 radical (unpaired) electrons. The molecule has 0 aromatic heterocycles. The number of piperazine rings is 1. The predicted octanol–water partition coefficient (Wildman–Crippen LogP) is 1.11. The number of rotatable bonds is 6. The number of para-hydroxylation sites is 1. The smallest absolute Gasteiger partial charge is 0.127 e. The summed E-state index contributed by atoms with van der Waals surface area (Å²) in [5, 5.41) is 9.90. The summed E-state index contributed by atoms with van der Waals surface area (Å²) in [5.41, 5.74) is 2.53. The maximum absolute atomic E-state index is 9.11. The topological polar surface area (TPSA) is 32.4 Å². The van der Waals surface area contributed by atoms with E-state index in [9.17, 15) is 0 Å². The van der Waals surface area contributed by atoms with Crippen LogP contribution in [-0.4, -0.2) is 57.5 Å². The van der Waals surface area contributed by atoms with Crippen LogP contribution in [0.5, 0.6) is 0 Å². The van der Waals surface area contributed by atoms with Crippen molar-refractivity contribution in [2.75, 3.05) is 57.3 Å². The van der Waals surface area contributed by atoms with Gasteiger partial charge in [-0.2, -0.15) is 0 Å². The van der Waals surface area contributed by atoms with Gasteiger partial charge in [-0.25, -0.2) is 0 Å². The van der Waals surface area contributed by atoms with Crippen LogP contribution in [0.4, 0.5) is 11.4 Å². The van der Waals surface area contributed by atoms with Crippen molar-refractivity contribution in [3.63, 3.8) is 0 Å². The van der Waals surface area contributed by atoms with E-state index in [1.165, 1.54) is 53.9 Å². The first-order valence-electron chi connectivity index (χ1n) is 9.86. The third-order valence-electron chi connectivity index (χ3n) is 5.63. The number of nitrogens with zero attached hydrogens (tertiary/aromatic N) is 1. The first-order chi connectivity index (χ1) is 13.2. The average Bonchev–Trinajstić information content (AvgIpc) is 2.69. The second-order valence-corrected chi connectivity index (χ2v) is 8.93. The van der Waals surface area contributed by atoms with Crippen molar-refractivity contribution in [2.24, 2.45) is 0 Å². The van der Waals surface area contributed by atoms with E-state index in [0.717, 1.165) is 24.5 Å². The molecule has 2 aromatic rings. The molecule has 2 aliphatic rings. The zero-order chi connectivity index (χ0) is 18.6. The molecule has 0 atom stereocenters. The largest absolute Gasteiger partial charge is 0.391 e. The number of hydrogen-bond acceptors (Lipinski definition) is 3. The van der Waals surface area contributed by atoms with Crippen LogP contribution >= 0.6 is 23.4 Å². The van der Waals surface area contributed by atoms with Gasteiger partial charge in [0.15, 0.2) is 0 Å². The monoisotopic (exact) mass is 405 g/mol. The van der Waals surface area contributed by atoms with E-state index in [4.69, 9.17) is 16.7 Å². The van der Waals surface area contributed by atoms with Crippen molar-refractivity contribution in [1.82, 2.24) is 0 Å². The van der Waals surface area contributed by atoms with Gasteiger partial charge in [0.1, 0.15) is 32.7 Å². The number of halogens is 1. The molecule has 144 valence electrons. The molecule has 2 aromatic carbocycles. The minimum absolute atomic E-state index is 0.305. The van der Waals surface area contributed by atoms with Gasteiger partial charge in [-0.3, -0.25) is 0 Å². The predicted molar refractivity (Wildman–Crippen MR) is 112 cm³/mol. The van der Waals surface area contributed by atoms with E-state index in [0.29, 0.717) is 6.61 Å². The Hall–Kier alpha value is -1.24. The number of nitrogens with one attached hydrogen (secondary N) is 2.